The molecule has 106 valence electrons. The van der Waals surface area contributed by atoms with E-state index in [1.807, 2.05) is 30.6 Å². The first-order valence-electron chi connectivity index (χ1n) is 7.00. The van der Waals surface area contributed by atoms with E-state index in [9.17, 15) is 4.79 Å². The van der Waals surface area contributed by atoms with E-state index in [0.717, 1.165) is 31.6 Å². The summed E-state index contributed by atoms with van der Waals surface area (Å²) in [7, 11) is 2.12. The average Bonchev–Trinajstić information content (AvgIpc) is 2.81. The minimum atomic E-state index is -0.0109. The quantitative estimate of drug-likeness (QED) is 0.852. The summed E-state index contributed by atoms with van der Waals surface area (Å²) in [5, 5.41) is 0. The van der Waals surface area contributed by atoms with Gasteiger partial charge < -0.3 is 9.88 Å². The first-order valence-corrected chi connectivity index (χ1v) is 7.00. The number of piperidine rings is 1. The highest BCUT2D eigenvalue weighted by atomic mass is 16.1. The van der Waals surface area contributed by atoms with E-state index < -0.39 is 0 Å². The Morgan fingerprint density at radius 1 is 1.37 bits per heavy atom. The van der Waals surface area contributed by atoms with Gasteiger partial charge in [0.25, 0.3) is 0 Å². The summed E-state index contributed by atoms with van der Waals surface area (Å²) < 4.78 is 1.87. The largest absolute Gasteiger partial charge is 0.326 e. The minimum absolute atomic E-state index is 0.0109. The van der Waals surface area contributed by atoms with Crippen molar-refractivity contribution in [3.63, 3.8) is 0 Å². The van der Waals surface area contributed by atoms with Gasteiger partial charge in [-0.3, -0.25) is 4.57 Å². The van der Waals surface area contributed by atoms with E-state index in [1.165, 1.54) is 0 Å². The molecule has 0 aliphatic carbocycles. The number of aromatic nitrogens is 2. The molecule has 19 heavy (non-hydrogen) atoms. The summed E-state index contributed by atoms with van der Waals surface area (Å²) in [4.78, 5) is 16.9. The molecule has 0 saturated carbocycles. The number of nitrogens with one attached hydrogen (secondary N) is 1. The van der Waals surface area contributed by atoms with E-state index >= 15 is 0 Å². The summed E-state index contributed by atoms with van der Waals surface area (Å²) in [6.45, 7) is 9.74. The van der Waals surface area contributed by atoms with Crippen LogP contribution >= 0.6 is 0 Å². The van der Waals surface area contributed by atoms with Gasteiger partial charge in [-0.2, -0.15) is 0 Å². The number of likely N-dealkylation sites (tertiary alicyclic amines) is 1. The molecule has 0 unspecified atom stereocenters. The zero-order valence-corrected chi connectivity index (χ0v) is 12.2. The lowest BCUT2D eigenvalue weighted by Crippen LogP contribution is -2.35. The van der Waals surface area contributed by atoms with Gasteiger partial charge in [0.1, 0.15) is 0 Å². The topological polar surface area (TPSA) is 41.0 Å². The van der Waals surface area contributed by atoms with Crippen molar-refractivity contribution < 1.29 is 0 Å². The van der Waals surface area contributed by atoms with Crippen LogP contribution in [0.1, 0.15) is 38.4 Å². The Labute approximate surface area is 115 Å². The number of allylic oxidation sites excluding steroid dienone is 2. The van der Waals surface area contributed by atoms with Crippen LogP contribution in [-0.2, 0) is 0 Å². The van der Waals surface area contributed by atoms with Crippen LogP contribution < -0.4 is 5.69 Å². The molecule has 4 nitrogen and oxygen atoms in total. The molecule has 0 radical (unpaired) electrons. The second-order valence-corrected chi connectivity index (χ2v) is 4.52. The van der Waals surface area contributed by atoms with E-state index in [0.29, 0.717) is 6.04 Å². The zero-order chi connectivity index (χ0) is 14.3. The number of imidazole rings is 1. The molecule has 1 fully saturated rings. The Hall–Kier alpha value is -1.55. The van der Waals surface area contributed by atoms with E-state index in [1.54, 1.807) is 12.3 Å². The number of nitrogens with zero attached hydrogens (tertiary/aromatic N) is 2. The molecule has 1 aromatic rings. The molecule has 1 aliphatic rings. The van der Waals surface area contributed by atoms with Crippen molar-refractivity contribution in [3.8, 4) is 0 Å². The predicted molar refractivity (Wildman–Crippen MR) is 81.4 cm³/mol. The van der Waals surface area contributed by atoms with Gasteiger partial charge in [-0.25, -0.2) is 4.79 Å². The third kappa shape index (κ3) is 3.96. The number of rotatable bonds is 3. The van der Waals surface area contributed by atoms with Gasteiger partial charge in [0, 0.05) is 12.2 Å². The Bertz CT molecular complexity index is 462. The van der Waals surface area contributed by atoms with Gasteiger partial charge in [0.05, 0.1) is 5.69 Å². The van der Waals surface area contributed by atoms with Crippen molar-refractivity contribution in [3.05, 3.63) is 41.1 Å². The van der Waals surface area contributed by atoms with E-state index in [4.69, 9.17) is 0 Å². The monoisotopic (exact) mass is 263 g/mol. The fourth-order valence-electron chi connectivity index (χ4n) is 2.32. The van der Waals surface area contributed by atoms with E-state index in [-0.39, 0.29) is 5.69 Å². The number of aromatic amines is 1. The predicted octanol–water partition coefficient (Wildman–Crippen LogP) is 2.67. The number of H-pyrrole nitrogens is 1. The summed E-state index contributed by atoms with van der Waals surface area (Å²) >= 11 is 0. The highest BCUT2D eigenvalue weighted by Crippen LogP contribution is 2.21. The molecule has 1 aliphatic heterocycles. The zero-order valence-electron chi connectivity index (χ0n) is 12.2. The summed E-state index contributed by atoms with van der Waals surface area (Å²) in [5.74, 6) is 0. The highest BCUT2D eigenvalue weighted by Gasteiger charge is 2.21. The summed E-state index contributed by atoms with van der Waals surface area (Å²) in [6, 6.07) is 0.314. The van der Waals surface area contributed by atoms with Crippen molar-refractivity contribution in [1.82, 2.24) is 14.5 Å². The molecule has 1 aromatic heterocycles. The third-order valence-corrected chi connectivity index (χ3v) is 3.30. The van der Waals surface area contributed by atoms with Crippen LogP contribution in [0.3, 0.4) is 0 Å². The second kappa shape index (κ2) is 7.79. The molecule has 4 heteroatoms. The SMILES string of the molecule is C=C/C=C\c1c[nH]c(=O)n1C1CCN(C)CC1.CC. The van der Waals surface area contributed by atoms with Crippen LogP contribution in [-0.4, -0.2) is 34.6 Å². The van der Waals surface area contributed by atoms with Crippen LogP contribution in [0.15, 0.2) is 29.7 Å². The van der Waals surface area contributed by atoms with Crippen LogP contribution in [0.25, 0.3) is 6.08 Å². The van der Waals surface area contributed by atoms with Gasteiger partial charge in [-0.05, 0) is 39.1 Å². The van der Waals surface area contributed by atoms with Crippen LogP contribution in [0.4, 0.5) is 0 Å². The lowest BCUT2D eigenvalue weighted by Gasteiger charge is -2.29. The van der Waals surface area contributed by atoms with Crippen LogP contribution in [0.2, 0.25) is 0 Å². The van der Waals surface area contributed by atoms with Gasteiger partial charge >= 0.3 is 5.69 Å². The van der Waals surface area contributed by atoms with Gasteiger partial charge in [0.15, 0.2) is 0 Å². The lowest BCUT2D eigenvalue weighted by atomic mass is 10.1. The maximum atomic E-state index is 11.8. The smallest absolute Gasteiger partial charge is 0.312 e. The average molecular weight is 263 g/mol. The molecule has 0 bridgehead atoms. The van der Waals surface area contributed by atoms with Crippen molar-refractivity contribution in [2.75, 3.05) is 20.1 Å². The summed E-state index contributed by atoms with van der Waals surface area (Å²) in [6.07, 6.45) is 9.32. The van der Waals surface area contributed by atoms with Crippen molar-refractivity contribution >= 4 is 6.08 Å². The first kappa shape index (κ1) is 15.5. The number of hydrogen-bond donors (Lipinski definition) is 1. The maximum absolute atomic E-state index is 11.8. The molecule has 2 heterocycles. The molecule has 0 aromatic carbocycles. The molecule has 0 atom stereocenters. The summed E-state index contributed by atoms with van der Waals surface area (Å²) in [5.41, 5.74) is 0.924. The molecule has 0 spiro atoms. The molecular formula is C15H25N3O. The fraction of sp³-hybridized carbons (Fsp3) is 0.533. The minimum Gasteiger partial charge on any atom is -0.312 e. The first-order chi connectivity index (χ1) is 9.22. The standard InChI is InChI=1S/C13H19N3O.C2H6/c1-3-4-5-12-10-14-13(17)16(12)11-6-8-15(2)9-7-11;1-2/h3-5,10-11H,1,6-9H2,2H3,(H,14,17);1-2H3/b5-4-;. The second-order valence-electron chi connectivity index (χ2n) is 4.52. The molecule has 2 rings (SSSR count). The van der Waals surface area contributed by atoms with Crippen LogP contribution in [0, 0.1) is 0 Å². The van der Waals surface area contributed by atoms with Gasteiger partial charge in [-0.1, -0.05) is 32.6 Å². The van der Waals surface area contributed by atoms with Gasteiger partial charge in [-0.15, -0.1) is 0 Å². The van der Waals surface area contributed by atoms with Gasteiger partial charge in [0.2, 0.25) is 0 Å². The maximum Gasteiger partial charge on any atom is 0.326 e. The number of hydrogen-bond acceptors (Lipinski definition) is 2. The normalized spacial score (nSPS) is 17.2. The Balaban J connectivity index is 0.000000861. The molecule has 1 saturated heterocycles. The third-order valence-electron chi connectivity index (χ3n) is 3.30. The van der Waals surface area contributed by atoms with Crippen LogP contribution in [0.5, 0.6) is 0 Å². The lowest BCUT2D eigenvalue weighted by molar-refractivity contribution is 0.218. The Kier molecular flexibility index (Phi) is 6.36. The Morgan fingerprint density at radius 2 is 2.00 bits per heavy atom. The van der Waals surface area contributed by atoms with Crippen molar-refractivity contribution in [2.24, 2.45) is 0 Å². The Morgan fingerprint density at radius 3 is 2.58 bits per heavy atom. The van der Waals surface area contributed by atoms with E-state index in [2.05, 4.69) is 23.5 Å². The van der Waals surface area contributed by atoms with Crippen molar-refractivity contribution in [1.29, 1.82) is 0 Å². The fourth-order valence-corrected chi connectivity index (χ4v) is 2.32. The molecule has 1 N–H and O–H groups in total. The highest BCUT2D eigenvalue weighted by molar-refractivity contribution is 5.46. The van der Waals surface area contributed by atoms with Crippen molar-refractivity contribution in [2.45, 2.75) is 32.7 Å². The molecular weight excluding hydrogens is 238 g/mol. The molecule has 0 amide bonds.